The van der Waals surface area contributed by atoms with Crippen LogP contribution in [0.15, 0.2) is 0 Å². The molecule has 2 atom stereocenters. The summed E-state index contributed by atoms with van der Waals surface area (Å²) >= 11 is 0. The third kappa shape index (κ3) is 0.469. The molecule has 2 aliphatic rings. The van der Waals surface area contributed by atoms with Crippen molar-refractivity contribution < 1.29 is 0 Å². The highest BCUT2D eigenvalue weighted by Crippen LogP contribution is 2.13. The Morgan fingerprint density at radius 2 is 2.29 bits per heavy atom. The third-order valence-corrected chi connectivity index (χ3v) is 1.68. The van der Waals surface area contributed by atoms with E-state index in [2.05, 4.69) is 16.3 Å². The van der Waals surface area contributed by atoms with Gasteiger partial charge in [0.2, 0.25) is 0 Å². The van der Waals surface area contributed by atoms with Crippen molar-refractivity contribution in [2.24, 2.45) is 0 Å². The van der Waals surface area contributed by atoms with Crippen molar-refractivity contribution in [1.82, 2.24) is 9.80 Å². The molecular weight excluding hydrogens is 88.1 g/mol. The van der Waals surface area contributed by atoms with Crippen LogP contribution in [-0.4, -0.2) is 36.1 Å². The van der Waals surface area contributed by atoms with Gasteiger partial charge in [-0.1, -0.05) is 0 Å². The topological polar surface area (TPSA) is 6.48 Å². The van der Waals surface area contributed by atoms with E-state index in [1.54, 1.807) is 0 Å². The van der Waals surface area contributed by atoms with E-state index in [9.17, 15) is 0 Å². The molecular formula is C5H9N2. The molecule has 0 aromatic rings. The van der Waals surface area contributed by atoms with Gasteiger partial charge in [0.1, 0.15) is 0 Å². The first-order chi connectivity index (χ1) is 3.45. The van der Waals surface area contributed by atoms with Crippen molar-refractivity contribution in [1.29, 1.82) is 0 Å². The lowest BCUT2D eigenvalue weighted by atomic mass is 10.4. The monoisotopic (exact) mass is 97.1 g/mol. The van der Waals surface area contributed by atoms with Gasteiger partial charge in [0, 0.05) is 26.2 Å². The van der Waals surface area contributed by atoms with Crippen molar-refractivity contribution in [2.75, 3.05) is 26.3 Å². The highest BCUT2D eigenvalue weighted by Gasteiger charge is 2.25. The number of hydrogen-bond acceptors (Lipinski definition) is 2. The second kappa shape index (κ2) is 1.20. The number of rotatable bonds is 0. The highest BCUT2D eigenvalue weighted by atomic mass is 15.4. The van der Waals surface area contributed by atoms with E-state index in [-0.39, 0.29) is 0 Å². The normalized spacial score (nSPS) is 48.0. The van der Waals surface area contributed by atoms with Gasteiger partial charge in [-0.05, 0) is 0 Å². The van der Waals surface area contributed by atoms with Crippen LogP contribution in [0.4, 0.5) is 0 Å². The van der Waals surface area contributed by atoms with Gasteiger partial charge in [0.25, 0.3) is 0 Å². The summed E-state index contributed by atoms with van der Waals surface area (Å²) in [6.45, 7) is 7.21. The molecule has 39 valence electrons. The maximum absolute atomic E-state index is 2.43. The summed E-state index contributed by atoms with van der Waals surface area (Å²) in [7, 11) is 0. The Kier molecular flexibility index (Phi) is 0.664. The van der Waals surface area contributed by atoms with Crippen LogP contribution in [0.25, 0.3) is 0 Å². The van der Waals surface area contributed by atoms with Crippen molar-refractivity contribution >= 4 is 0 Å². The van der Waals surface area contributed by atoms with E-state index in [0.29, 0.717) is 0 Å². The predicted molar refractivity (Wildman–Crippen MR) is 27.4 cm³/mol. The molecule has 0 aromatic carbocycles. The van der Waals surface area contributed by atoms with Gasteiger partial charge in [-0.2, -0.15) is 0 Å². The number of hydrogen-bond donors (Lipinski definition) is 0. The zero-order valence-corrected chi connectivity index (χ0v) is 4.30. The van der Waals surface area contributed by atoms with Gasteiger partial charge in [0.05, 0.1) is 6.67 Å². The van der Waals surface area contributed by atoms with Crippen LogP contribution < -0.4 is 0 Å². The lowest BCUT2D eigenvalue weighted by molar-refractivity contribution is 0.393. The summed E-state index contributed by atoms with van der Waals surface area (Å²) in [4.78, 5) is 4.79. The third-order valence-electron chi connectivity index (χ3n) is 1.68. The molecule has 2 bridgehead atoms. The van der Waals surface area contributed by atoms with Crippen molar-refractivity contribution in [3.05, 3.63) is 6.54 Å². The van der Waals surface area contributed by atoms with Crippen molar-refractivity contribution in [3.63, 3.8) is 0 Å². The molecule has 2 nitrogen and oxygen atoms in total. The average molecular weight is 97.1 g/mol. The summed E-state index contributed by atoms with van der Waals surface area (Å²) in [5.41, 5.74) is 0. The largest absolute Gasteiger partial charge is 0.288 e. The van der Waals surface area contributed by atoms with Gasteiger partial charge in [0.15, 0.2) is 0 Å². The second-order valence-corrected chi connectivity index (χ2v) is 2.21. The smallest absolute Gasteiger partial charge is 0.0511 e. The molecule has 7 heavy (non-hydrogen) atoms. The fraction of sp³-hybridized carbons (Fsp3) is 0.800. The predicted octanol–water partition coefficient (Wildman–Crippen LogP) is -0.263. The molecule has 0 amide bonds. The zero-order chi connectivity index (χ0) is 4.69. The van der Waals surface area contributed by atoms with Crippen LogP contribution >= 0.6 is 0 Å². The SMILES string of the molecule is [CH]1CN2CCN1C2. The molecule has 2 heterocycles. The van der Waals surface area contributed by atoms with E-state index < -0.39 is 0 Å². The summed E-state index contributed by atoms with van der Waals surface area (Å²) in [5.74, 6) is 0. The summed E-state index contributed by atoms with van der Waals surface area (Å²) in [5, 5.41) is 0. The Hall–Kier alpha value is -0.0800. The molecule has 1 radical (unpaired) electrons. The van der Waals surface area contributed by atoms with E-state index in [4.69, 9.17) is 0 Å². The molecule has 2 unspecified atom stereocenters. The Bertz CT molecular complexity index is 64.1. The van der Waals surface area contributed by atoms with Crippen LogP contribution in [0, 0.1) is 6.54 Å². The Labute approximate surface area is 43.7 Å². The van der Waals surface area contributed by atoms with E-state index in [1.165, 1.54) is 26.3 Å². The van der Waals surface area contributed by atoms with Gasteiger partial charge in [-0.3, -0.25) is 9.80 Å². The molecule has 0 saturated carbocycles. The first-order valence-corrected chi connectivity index (χ1v) is 2.75. The lowest BCUT2D eigenvalue weighted by Crippen LogP contribution is -2.20. The van der Waals surface area contributed by atoms with Gasteiger partial charge >= 0.3 is 0 Å². The molecule has 0 spiro atoms. The maximum atomic E-state index is 2.43. The van der Waals surface area contributed by atoms with Crippen LogP contribution in [0.3, 0.4) is 0 Å². The number of piperazine rings is 1. The molecule has 2 fully saturated rings. The number of nitrogens with zero attached hydrogens (tertiary/aromatic N) is 2. The van der Waals surface area contributed by atoms with E-state index in [1.807, 2.05) is 0 Å². The Morgan fingerprint density at radius 3 is 2.43 bits per heavy atom. The van der Waals surface area contributed by atoms with Gasteiger partial charge in [-0.15, -0.1) is 0 Å². The molecule has 2 aliphatic heterocycles. The minimum absolute atomic E-state index is 1.19. The first-order valence-electron chi connectivity index (χ1n) is 2.75. The van der Waals surface area contributed by atoms with Crippen molar-refractivity contribution in [2.45, 2.75) is 0 Å². The first kappa shape index (κ1) is 3.87. The zero-order valence-electron chi connectivity index (χ0n) is 4.30. The Morgan fingerprint density at radius 1 is 1.29 bits per heavy atom. The molecule has 0 aromatic heterocycles. The Balaban J connectivity index is 2.12. The van der Waals surface area contributed by atoms with Crippen molar-refractivity contribution in [3.8, 4) is 0 Å². The van der Waals surface area contributed by atoms with Crippen LogP contribution in [-0.2, 0) is 0 Å². The minimum Gasteiger partial charge on any atom is -0.288 e. The van der Waals surface area contributed by atoms with E-state index >= 15 is 0 Å². The number of fused-ring (bicyclic) bond motifs is 2. The fourth-order valence-electron chi connectivity index (χ4n) is 1.20. The quantitative estimate of drug-likeness (QED) is 0.411. The van der Waals surface area contributed by atoms with Gasteiger partial charge in [-0.25, -0.2) is 0 Å². The standard InChI is InChI=1S/C5H9N2/c1-2-7-4-3-6(1)5-7/h1H,2-5H2. The summed E-state index contributed by atoms with van der Waals surface area (Å²) in [6.07, 6.45) is 0. The molecule has 2 saturated heterocycles. The molecule has 0 aliphatic carbocycles. The van der Waals surface area contributed by atoms with E-state index in [0.717, 1.165) is 0 Å². The fourth-order valence-corrected chi connectivity index (χ4v) is 1.20. The molecule has 2 heteroatoms. The summed E-state index contributed by atoms with van der Waals surface area (Å²) < 4.78 is 0. The molecule has 2 rings (SSSR count). The molecule has 0 N–H and O–H groups in total. The van der Waals surface area contributed by atoms with Crippen LogP contribution in [0.1, 0.15) is 0 Å². The summed E-state index contributed by atoms with van der Waals surface area (Å²) in [6, 6.07) is 0. The van der Waals surface area contributed by atoms with Crippen LogP contribution in [0.5, 0.6) is 0 Å². The second-order valence-electron chi connectivity index (χ2n) is 2.21. The van der Waals surface area contributed by atoms with Gasteiger partial charge < -0.3 is 0 Å². The maximum Gasteiger partial charge on any atom is 0.0511 e. The highest BCUT2D eigenvalue weighted by molar-refractivity contribution is 4.87. The average Bonchev–Trinajstić information content (AvgIpc) is 2.22. The minimum atomic E-state index is 1.19. The lowest BCUT2D eigenvalue weighted by Gasteiger charge is -2.09. The van der Waals surface area contributed by atoms with Crippen LogP contribution in [0.2, 0.25) is 0 Å².